The molecule has 0 unspecified atom stereocenters. The van der Waals surface area contributed by atoms with E-state index in [1.807, 2.05) is 18.2 Å². The molecule has 0 aromatic rings. The second-order valence-electron chi connectivity index (χ2n) is 0. The minimum absolute atomic E-state index is 0. The zero-order valence-corrected chi connectivity index (χ0v) is 14.9. The van der Waals surface area contributed by atoms with Crippen molar-refractivity contribution >= 4 is 64.6 Å². The maximum atomic E-state index is 1.88. The van der Waals surface area contributed by atoms with Gasteiger partial charge in [-0.05, 0) is 0 Å². The third-order valence-corrected chi connectivity index (χ3v) is 0. The van der Waals surface area contributed by atoms with Crippen molar-refractivity contribution in [1.82, 2.24) is 0 Å². The molecule has 0 spiro atoms. The van der Waals surface area contributed by atoms with Gasteiger partial charge in [-0.3, -0.25) is 0 Å². The minimum atomic E-state index is 0. The van der Waals surface area contributed by atoms with Gasteiger partial charge in [-0.25, -0.2) is 0 Å². The first-order valence-electron chi connectivity index (χ1n) is 0.258. The van der Waals surface area contributed by atoms with Gasteiger partial charge in [0.15, 0.2) is 0 Å². The Kier molecular flexibility index (Phi) is 63.8. The summed E-state index contributed by atoms with van der Waals surface area (Å²) >= 11 is 3.28. The second-order valence-corrected chi connectivity index (χ2v) is 0. The molecule has 0 bridgehead atoms. The Morgan fingerprint density at radius 2 is 1.25 bits per heavy atom. The van der Waals surface area contributed by atoms with Crippen LogP contribution in [0.25, 0.3) is 0 Å². The Labute approximate surface area is 84.9 Å². The van der Waals surface area contributed by atoms with Crippen molar-refractivity contribution in [2.45, 2.75) is 0 Å². The van der Waals surface area contributed by atoms with E-state index in [0.29, 0.717) is 0 Å². The predicted molar refractivity (Wildman–Crippen MR) is 24.2 cm³/mol. The maximum absolute atomic E-state index is 1.88. The van der Waals surface area contributed by atoms with Crippen LogP contribution in [-0.4, -0.2) is 64.6 Å². The Morgan fingerprint density at radius 3 is 1.25 bits per heavy atom. The van der Waals surface area contributed by atoms with Crippen LogP contribution in [0, 0.1) is 0 Å². The molecule has 31 valence electrons. The van der Waals surface area contributed by atoms with Crippen LogP contribution in [0.5, 0.6) is 0 Å². The van der Waals surface area contributed by atoms with Crippen LogP contribution in [0.15, 0.2) is 0 Å². The van der Waals surface area contributed by atoms with Gasteiger partial charge in [-0.1, -0.05) is 0 Å². The normalized spacial score (nSPS) is 1.50. The van der Waals surface area contributed by atoms with E-state index in [-0.39, 0.29) is 49.7 Å². The molecule has 0 rings (SSSR count). The number of rotatable bonds is 0. The second kappa shape index (κ2) is 16.3. The van der Waals surface area contributed by atoms with E-state index in [9.17, 15) is 0 Å². The number of hydrogen-bond donors (Lipinski definition) is 0. The first kappa shape index (κ1) is 15.7. The average molecular weight is 569 g/mol. The van der Waals surface area contributed by atoms with Crippen molar-refractivity contribution in [3.8, 4) is 0 Å². The van der Waals surface area contributed by atoms with Gasteiger partial charge in [0.2, 0.25) is 0 Å². The third-order valence-electron chi connectivity index (χ3n) is 0. The van der Waals surface area contributed by atoms with Crippen molar-refractivity contribution in [2.24, 2.45) is 0 Å². The molecule has 0 aliphatic carbocycles. The molecule has 0 fully saturated rings. The summed E-state index contributed by atoms with van der Waals surface area (Å²) in [5, 5.41) is 0. The van der Waals surface area contributed by atoms with Crippen molar-refractivity contribution in [3.05, 3.63) is 0 Å². The van der Waals surface area contributed by atoms with E-state index >= 15 is 0 Å². The first-order valence-corrected chi connectivity index (χ1v) is 11.6. The summed E-state index contributed by atoms with van der Waals surface area (Å²) in [6.45, 7) is 0. The Bertz CT molecular complexity index is 8.00. The van der Waals surface area contributed by atoms with Crippen LogP contribution in [0.3, 0.4) is 0 Å². The van der Waals surface area contributed by atoms with Crippen LogP contribution in [0.1, 0.15) is 0 Å². The van der Waals surface area contributed by atoms with Crippen LogP contribution in [0.4, 0.5) is 0 Å². The molecular formula is H5AgPbSbTe. The molecule has 0 heterocycles. The summed E-state index contributed by atoms with van der Waals surface area (Å²) in [5.41, 5.74) is 0. The van der Waals surface area contributed by atoms with Crippen molar-refractivity contribution < 1.29 is 22.4 Å². The fourth-order valence-electron chi connectivity index (χ4n) is 0. The quantitative estimate of drug-likeness (QED) is 0.284. The van der Waals surface area contributed by atoms with Gasteiger partial charge in [0, 0.05) is 22.4 Å². The zero-order valence-electron chi connectivity index (χ0n) is 2.03. The Hall–Kier alpha value is 3.27. The summed E-state index contributed by atoms with van der Waals surface area (Å²) in [4.78, 5) is 0. The Morgan fingerprint density at radius 1 is 1.25 bits per heavy atom. The molecule has 4 heavy (non-hydrogen) atoms. The van der Waals surface area contributed by atoms with Crippen LogP contribution < -0.4 is 0 Å². The van der Waals surface area contributed by atoms with Crippen molar-refractivity contribution in [1.29, 1.82) is 0 Å². The standard InChI is InChI=1S/Ag.Pb.Sb.H2Te.4H/h;;;1H2;;;;/q;;+1;;;;;/p-1. The molecule has 0 aliphatic heterocycles. The van der Waals surface area contributed by atoms with E-state index in [0.717, 1.165) is 0 Å². The molecule has 0 aliphatic rings. The molecule has 3 radical (unpaired) electrons. The van der Waals surface area contributed by atoms with Gasteiger partial charge in [0.1, 0.15) is 0 Å². The first-order chi connectivity index (χ1) is 1.00. The van der Waals surface area contributed by atoms with Gasteiger partial charge in [-0.15, -0.1) is 0 Å². The summed E-state index contributed by atoms with van der Waals surface area (Å²) < 4.78 is 0. The summed E-state index contributed by atoms with van der Waals surface area (Å²) in [6.07, 6.45) is 0. The molecule has 0 amide bonds. The molecule has 0 aromatic heterocycles. The summed E-state index contributed by atoms with van der Waals surface area (Å²) in [7, 11) is 0. The van der Waals surface area contributed by atoms with E-state index in [4.69, 9.17) is 0 Å². The molecule has 0 aromatic carbocycles. The zero-order chi connectivity index (χ0) is 2.00. The van der Waals surface area contributed by atoms with E-state index in [1.165, 1.54) is 19.1 Å². The SMILES string of the molecule is [Ag].[PbH2].[SbH2][TeH]. The van der Waals surface area contributed by atoms with Crippen LogP contribution >= 0.6 is 0 Å². The topological polar surface area (TPSA) is 0 Å². The molecule has 0 nitrogen and oxygen atoms in total. The van der Waals surface area contributed by atoms with Crippen LogP contribution in [0.2, 0.25) is 0 Å². The molecule has 0 saturated heterocycles. The molecular weight excluding hydrogens is 564 g/mol. The average Bonchev–Trinajstić information content (AvgIpc) is 1.00. The van der Waals surface area contributed by atoms with Crippen molar-refractivity contribution in [3.63, 3.8) is 0 Å². The summed E-state index contributed by atoms with van der Waals surface area (Å²) in [5.74, 6) is 0. The van der Waals surface area contributed by atoms with Gasteiger partial charge in [0.25, 0.3) is 0 Å². The van der Waals surface area contributed by atoms with Gasteiger partial charge in [0.05, 0.1) is 0 Å². The molecule has 0 atom stereocenters. The van der Waals surface area contributed by atoms with Gasteiger partial charge >= 0.3 is 64.6 Å². The molecule has 0 saturated carbocycles. The van der Waals surface area contributed by atoms with E-state index < -0.39 is 0 Å². The number of hydrogen-bond acceptors (Lipinski definition) is 0. The van der Waals surface area contributed by atoms with E-state index in [1.54, 1.807) is 0 Å². The predicted octanol–water partition coefficient (Wildman–Crippen LogP) is -2.48. The van der Waals surface area contributed by atoms with Gasteiger partial charge in [-0.2, -0.15) is 0 Å². The Balaban J connectivity index is -0.00000000500. The molecule has 0 N–H and O–H groups in total. The van der Waals surface area contributed by atoms with Gasteiger partial charge < -0.3 is 0 Å². The van der Waals surface area contributed by atoms with Crippen LogP contribution in [-0.2, 0) is 22.4 Å². The fraction of sp³-hybridized carbons (Fsp3) is 0. The monoisotopic (exact) mass is 571 g/mol. The summed E-state index contributed by atoms with van der Waals surface area (Å²) in [6, 6.07) is 0. The molecule has 4 heteroatoms. The van der Waals surface area contributed by atoms with Crippen molar-refractivity contribution in [2.75, 3.05) is 0 Å². The van der Waals surface area contributed by atoms with E-state index in [2.05, 4.69) is 0 Å². The fourth-order valence-corrected chi connectivity index (χ4v) is 0. The third kappa shape index (κ3) is 8.99.